The number of carbonyl (C=O) groups excluding carboxylic acids is 1. The van der Waals surface area contributed by atoms with Crippen LogP contribution in [0.15, 0.2) is 36.4 Å². The van der Waals surface area contributed by atoms with Crippen LogP contribution in [0.4, 0.5) is 14.5 Å². The van der Waals surface area contributed by atoms with Crippen LogP contribution >= 0.6 is 0 Å². The highest BCUT2D eigenvalue weighted by Crippen LogP contribution is 2.22. The molecular formula is C15H14F2N2O. The third-order valence-electron chi connectivity index (χ3n) is 2.93. The number of hydrogen-bond acceptors (Lipinski definition) is 2. The molecule has 0 saturated heterocycles. The quantitative estimate of drug-likeness (QED) is 0.847. The van der Waals surface area contributed by atoms with Gasteiger partial charge in [-0.05, 0) is 24.1 Å². The Morgan fingerprint density at radius 1 is 1.20 bits per heavy atom. The highest BCUT2D eigenvalue weighted by atomic mass is 19.1. The Bertz CT molecular complexity index is 616. The fourth-order valence-corrected chi connectivity index (χ4v) is 1.86. The summed E-state index contributed by atoms with van der Waals surface area (Å²) in [6, 6.07) is 10.2. The van der Waals surface area contributed by atoms with E-state index in [9.17, 15) is 13.6 Å². The summed E-state index contributed by atoms with van der Waals surface area (Å²) in [5, 5.41) is 2.48. The number of amides is 1. The van der Waals surface area contributed by atoms with E-state index in [1.165, 1.54) is 13.0 Å². The Labute approximate surface area is 115 Å². The maximum atomic E-state index is 13.9. The summed E-state index contributed by atoms with van der Waals surface area (Å²) < 4.78 is 27.7. The molecule has 20 heavy (non-hydrogen) atoms. The zero-order chi connectivity index (χ0) is 14.7. The van der Waals surface area contributed by atoms with Crippen LogP contribution in [0.2, 0.25) is 0 Å². The highest BCUT2D eigenvalue weighted by molar-refractivity contribution is 5.96. The molecule has 3 nitrogen and oxygen atoms in total. The standard InChI is InChI=1S/C15H14F2N2O/c1-9-7-11(18)14(17)12(13(9)16)15(20)19-8-10-5-3-2-4-6-10/h2-7H,8,18H2,1H3,(H,19,20). The highest BCUT2D eigenvalue weighted by Gasteiger charge is 2.21. The van der Waals surface area contributed by atoms with Gasteiger partial charge >= 0.3 is 0 Å². The van der Waals surface area contributed by atoms with Gasteiger partial charge in [-0.3, -0.25) is 4.79 Å². The van der Waals surface area contributed by atoms with E-state index in [-0.39, 0.29) is 17.8 Å². The summed E-state index contributed by atoms with van der Waals surface area (Å²) >= 11 is 0. The zero-order valence-corrected chi connectivity index (χ0v) is 10.9. The second kappa shape index (κ2) is 5.69. The SMILES string of the molecule is Cc1cc(N)c(F)c(C(=O)NCc2ccccc2)c1F. The maximum absolute atomic E-state index is 13.9. The molecule has 2 aromatic rings. The van der Waals surface area contributed by atoms with Gasteiger partial charge in [0.25, 0.3) is 5.91 Å². The Morgan fingerprint density at radius 3 is 2.50 bits per heavy atom. The number of carbonyl (C=O) groups is 1. The first-order valence-corrected chi connectivity index (χ1v) is 6.07. The zero-order valence-electron chi connectivity index (χ0n) is 10.9. The molecule has 0 heterocycles. The first kappa shape index (κ1) is 14.0. The number of rotatable bonds is 3. The summed E-state index contributed by atoms with van der Waals surface area (Å²) in [6.07, 6.45) is 0. The summed E-state index contributed by atoms with van der Waals surface area (Å²) in [6.45, 7) is 1.62. The third kappa shape index (κ3) is 2.77. The van der Waals surface area contributed by atoms with Crippen molar-refractivity contribution in [1.82, 2.24) is 5.32 Å². The van der Waals surface area contributed by atoms with Crippen molar-refractivity contribution >= 4 is 11.6 Å². The van der Waals surface area contributed by atoms with Crippen molar-refractivity contribution in [1.29, 1.82) is 0 Å². The molecule has 1 amide bonds. The van der Waals surface area contributed by atoms with Crippen LogP contribution in [0.5, 0.6) is 0 Å². The molecule has 2 aromatic carbocycles. The van der Waals surface area contributed by atoms with Gasteiger partial charge in [-0.25, -0.2) is 8.78 Å². The number of nitrogens with one attached hydrogen (secondary N) is 1. The number of hydrogen-bond donors (Lipinski definition) is 2. The van der Waals surface area contributed by atoms with Crippen molar-refractivity contribution in [2.75, 3.05) is 5.73 Å². The van der Waals surface area contributed by atoms with Crippen molar-refractivity contribution < 1.29 is 13.6 Å². The predicted octanol–water partition coefficient (Wildman–Crippen LogP) is 2.79. The fourth-order valence-electron chi connectivity index (χ4n) is 1.86. The van der Waals surface area contributed by atoms with Gasteiger partial charge in [0.1, 0.15) is 11.4 Å². The maximum Gasteiger partial charge on any atom is 0.257 e. The Morgan fingerprint density at radius 2 is 1.85 bits per heavy atom. The van der Waals surface area contributed by atoms with Crippen molar-refractivity contribution in [2.45, 2.75) is 13.5 Å². The van der Waals surface area contributed by atoms with Crippen LogP contribution in [-0.2, 0) is 6.54 Å². The van der Waals surface area contributed by atoms with Crippen LogP contribution in [0, 0.1) is 18.6 Å². The van der Waals surface area contributed by atoms with Crippen molar-refractivity contribution in [3.8, 4) is 0 Å². The lowest BCUT2D eigenvalue weighted by Gasteiger charge is -2.10. The largest absolute Gasteiger partial charge is 0.396 e. The van der Waals surface area contributed by atoms with Gasteiger partial charge in [0.05, 0.1) is 5.69 Å². The molecule has 0 fully saturated rings. The normalized spacial score (nSPS) is 10.3. The second-order valence-corrected chi connectivity index (χ2v) is 4.45. The minimum atomic E-state index is -1.03. The number of halogens is 2. The minimum absolute atomic E-state index is 0.133. The van der Waals surface area contributed by atoms with E-state index >= 15 is 0 Å². The Kier molecular flexibility index (Phi) is 3.98. The van der Waals surface area contributed by atoms with Gasteiger partial charge in [0.15, 0.2) is 5.82 Å². The number of benzene rings is 2. The van der Waals surface area contributed by atoms with E-state index in [4.69, 9.17) is 5.73 Å². The fraction of sp³-hybridized carbons (Fsp3) is 0.133. The van der Waals surface area contributed by atoms with Crippen LogP contribution in [0.25, 0.3) is 0 Å². The first-order chi connectivity index (χ1) is 9.50. The lowest BCUT2D eigenvalue weighted by atomic mass is 10.1. The van der Waals surface area contributed by atoms with Crippen LogP contribution < -0.4 is 11.1 Å². The average molecular weight is 276 g/mol. The van der Waals surface area contributed by atoms with Crippen LogP contribution in [0.1, 0.15) is 21.5 Å². The van der Waals surface area contributed by atoms with Gasteiger partial charge in [-0.1, -0.05) is 30.3 Å². The molecule has 0 bridgehead atoms. The van der Waals surface area contributed by atoms with Gasteiger partial charge in [0, 0.05) is 6.54 Å². The van der Waals surface area contributed by atoms with E-state index in [0.717, 1.165) is 5.56 Å². The number of aryl methyl sites for hydroxylation is 1. The van der Waals surface area contributed by atoms with Crippen LogP contribution in [0.3, 0.4) is 0 Å². The van der Waals surface area contributed by atoms with Gasteiger partial charge in [-0.2, -0.15) is 0 Å². The third-order valence-corrected chi connectivity index (χ3v) is 2.93. The molecule has 104 valence electrons. The Hall–Kier alpha value is -2.43. The van der Waals surface area contributed by atoms with E-state index in [0.29, 0.717) is 0 Å². The second-order valence-electron chi connectivity index (χ2n) is 4.45. The van der Waals surface area contributed by atoms with Gasteiger partial charge in [-0.15, -0.1) is 0 Å². The number of anilines is 1. The molecule has 3 N–H and O–H groups in total. The van der Waals surface area contributed by atoms with E-state index < -0.39 is 23.1 Å². The molecule has 0 aromatic heterocycles. The smallest absolute Gasteiger partial charge is 0.257 e. The van der Waals surface area contributed by atoms with Gasteiger partial charge < -0.3 is 11.1 Å². The first-order valence-electron chi connectivity index (χ1n) is 6.07. The lowest BCUT2D eigenvalue weighted by molar-refractivity contribution is 0.0942. The molecule has 0 saturated carbocycles. The van der Waals surface area contributed by atoms with E-state index in [1.807, 2.05) is 18.2 Å². The molecule has 0 spiro atoms. The number of nitrogen functional groups attached to an aromatic ring is 1. The topological polar surface area (TPSA) is 55.1 Å². The Balaban J connectivity index is 2.22. The summed E-state index contributed by atoms with van der Waals surface area (Å²) in [5.74, 6) is -2.74. The summed E-state index contributed by atoms with van der Waals surface area (Å²) in [5.41, 5.74) is 5.50. The molecule has 0 aliphatic rings. The lowest BCUT2D eigenvalue weighted by Crippen LogP contribution is -2.25. The van der Waals surface area contributed by atoms with Crippen molar-refractivity contribution in [3.63, 3.8) is 0 Å². The van der Waals surface area contributed by atoms with Crippen LogP contribution in [-0.4, -0.2) is 5.91 Å². The molecular weight excluding hydrogens is 262 g/mol. The molecule has 5 heteroatoms. The number of nitrogens with two attached hydrogens (primary N) is 1. The minimum Gasteiger partial charge on any atom is -0.396 e. The summed E-state index contributed by atoms with van der Waals surface area (Å²) in [7, 11) is 0. The molecule has 0 radical (unpaired) electrons. The molecule has 0 aliphatic carbocycles. The van der Waals surface area contributed by atoms with Gasteiger partial charge in [0.2, 0.25) is 0 Å². The van der Waals surface area contributed by atoms with Crippen molar-refractivity contribution in [3.05, 3.63) is 64.7 Å². The molecule has 0 atom stereocenters. The monoisotopic (exact) mass is 276 g/mol. The van der Waals surface area contributed by atoms with E-state index in [2.05, 4.69) is 5.32 Å². The predicted molar refractivity (Wildman–Crippen MR) is 73.1 cm³/mol. The molecule has 2 rings (SSSR count). The molecule has 0 aliphatic heterocycles. The van der Waals surface area contributed by atoms with Crippen molar-refractivity contribution in [2.24, 2.45) is 0 Å². The average Bonchev–Trinajstić information content (AvgIpc) is 2.44. The summed E-state index contributed by atoms with van der Waals surface area (Å²) in [4.78, 5) is 11.9. The van der Waals surface area contributed by atoms with E-state index in [1.54, 1.807) is 12.1 Å². The molecule has 0 unspecified atom stereocenters.